The molecule has 0 unspecified atom stereocenters. The molecule has 0 aromatic heterocycles. The Bertz CT molecular complexity index is 747. The molecule has 126 valence electrons. The highest BCUT2D eigenvalue weighted by Gasteiger charge is 2.15. The van der Waals surface area contributed by atoms with E-state index in [1.54, 1.807) is 26.2 Å². The summed E-state index contributed by atoms with van der Waals surface area (Å²) in [6, 6.07) is 13.0. The lowest BCUT2D eigenvalue weighted by atomic mass is 10.0. The third-order valence-electron chi connectivity index (χ3n) is 4.06. The third kappa shape index (κ3) is 3.82. The molecule has 2 rings (SSSR count). The first-order chi connectivity index (χ1) is 11.3. The van der Waals surface area contributed by atoms with Crippen molar-refractivity contribution in [1.29, 1.82) is 0 Å². The monoisotopic (exact) mass is 324 g/mol. The summed E-state index contributed by atoms with van der Waals surface area (Å²) < 4.78 is 0. The molecular formula is C20H24N2O2. The third-order valence-corrected chi connectivity index (χ3v) is 4.06. The molecule has 0 aliphatic carbocycles. The Balaban J connectivity index is 2.23. The number of anilines is 1. The summed E-state index contributed by atoms with van der Waals surface area (Å²) in [5, 5.41) is 2.90. The largest absolute Gasteiger partial charge is 0.345 e. The number of hydrogen-bond donors (Lipinski definition) is 1. The first-order valence-corrected chi connectivity index (χ1v) is 8.04. The maximum Gasteiger partial charge on any atom is 0.255 e. The lowest BCUT2D eigenvalue weighted by Crippen LogP contribution is -2.23. The van der Waals surface area contributed by atoms with Crippen LogP contribution in [0.3, 0.4) is 0 Å². The first-order valence-electron chi connectivity index (χ1n) is 8.04. The van der Waals surface area contributed by atoms with Gasteiger partial charge in [-0.1, -0.05) is 32.0 Å². The van der Waals surface area contributed by atoms with Crippen molar-refractivity contribution in [3.63, 3.8) is 0 Å². The van der Waals surface area contributed by atoms with Crippen LogP contribution in [0.1, 0.15) is 51.6 Å². The number of hydrogen-bond acceptors (Lipinski definition) is 2. The van der Waals surface area contributed by atoms with E-state index in [0.717, 1.165) is 5.56 Å². The highest BCUT2D eigenvalue weighted by molar-refractivity contribution is 6.06. The lowest BCUT2D eigenvalue weighted by Gasteiger charge is -2.15. The quantitative estimate of drug-likeness (QED) is 0.921. The minimum atomic E-state index is -0.178. The zero-order chi connectivity index (χ0) is 17.9. The number of nitrogens with one attached hydrogen (secondary N) is 1. The van der Waals surface area contributed by atoms with Crippen molar-refractivity contribution in [2.24, 2.45) is 0 Å². The van der Waals surface area contributed by atoms with E-state index in [1.165, 1.54) is 10.5 Å². The maximum absolute atomic E-state index is 12.5. The van der Waals surface area contributed by atoms with Crippen molar-refractivity contribution in [2.45, 2.75) is 26.7 Å². The van der Waals surface area contributed by atoms with Crippen molar-refractivity contribution in [3.05, 3.63) is 64.7 Å². The molecule has 4 heteroatoms. The van der Waals surface area contributed by atoms with Crippen molar-refractivity contribution >= 4 is 17.5 Å². The van der Waals surface area contributed by atoms with Crippen molar-refractivity contribution in [3.8, 4) is 0 Å². The number of carbonyl (C=O) groups is 2. The molecule has 2 aromatic rings. The summed E-state index contributed by atoms with van der Waals surface area (Å²) >= 11 is 0. The Morgan fingerprint density at radius 3 is 2.17 bits per heavy atom. The number of nitrogens with zero attached hydrogens (tertiary/aromatic N) is 1. The van der Waals surface area contributed by atoms with Crippen LogP contribution in [0.15, 0.2) is 42.5 Å². The van der Waals surface area contributed by atoms with Crippen molar-refractivity contribution in [2.75, 3.05) is 19.4 Å². The standard InChI is InChI=1S/C20H24N2O2/c1-13(2)15-9-11-16(12-10-15)19(23)21-18-8-6-7-17(14(18)3)20(24)22(4)5/h6-13H,1-5H3,(H,21,23). The topological polar surface area (TPSA) is 49.4 Å². The predicted molar refractivity (Wildman–Crippen MR) is 97.7 cm³/mol. The van der Waals surface area contributed by atoms with Crippen LogP contribution in [0, 0.1) is 6.92 Å². The molecule has 0 spiro atoms. The van der Waals surface area contributed by atoms with Crippen molar-refractivity contribution < 1.29 is 9.59 Å². The van der Waals surface area contributed by atoms with E-state index in [1.807, 2.05) is 37.3 Å². The Hall–Kier alpha value is -2.62. The van der Waals surface area contributed by atoms with E-state index in [2.05, 4.69) is 19.2 Å². The van der Waals surface area contributed by atoms with Gasteiger partial charge >= 0.3 is 0 Å². The Kier molecular flexibility index (Phi) is 5.39. The summed E-state index contributed by atoms with van der Waals surface area (Å²) in [6.07, 6.45) is 0. The van der Waals surface area contributed by atoms with Gasteiger partial charge in [-0.3, -0.25) is 9.59 Å². The second-order valence-corrected chi connectivity index (χ2v) is 6.41. The Morgan fingerprint density at radius 1 is 1.00 bits per heavy atom. The van der Waals surface area contributed by atoms with Crippen LogP contribution >= 0.6 is 0 Å². The second-order valence-electron chi connectivity index (χ2n) is 6.41. The van der Waals surface area contributed by atoms with Crippen molar-refractivity contribution in [1.82, 2.24) is 4.90 Å². The van der Waals surface area contributed by atoms with E-state index >= 15 is 0 Å². The molecule has 1 N–H and O–H groups in total. The minimum Gasteiger partial charge on any atom is -0.345 e. The molecule has 0 bridgehead atoms. The number of carbonyl (C=O) groups excluding carboxylic acids is 2. The van der Waals surface area contributed by atoms with E-state index in [4.69, 9.17) is 0 Å². The molecule has 0 radical (unpaired) electrons. The van der Waals surface area contributed by atoms with Crippen LogP contribution in [0.4, 0.5) is 5.69 Å². The first kappa shape index (κ1) is 17.7. The van der Waals surface area contributed by atoms with Crippen LogP contribution in [0.5, 0.6) is 0 Å². The van der Waals surface area contributed by atoms with Gasteiger partial charge < -0.3 is 10.2 Å². The SMILES string of the molecule is Cc1c(NC(=O)c2ccc(C(C)C)cc2)cccc1C(=O)N(C)C. The van der Waals surface area contributed by atoms with Gasteiger partial charge in [-0.15, -0.1) is 0 Å². The average Bonchev–Trinajstić information content (AvgIpc) is 2.56. The highest BCUT2D eigenvalue weighted by Crippen LogP contribution is 2.21. The Labute approximate surface area is 143 Å². The normalized spacial score (nSPS) is 10.6. The molecule has 0 saturated carbocycles. The molecule has 0 saturated heterocycles. The average molecular weight is 324 g/mol. The van der Waals surface area contributed by atoms with Crippen LogP contribution in [0.25, 0.3) is 0 Å². The molecule has 2 aromatic carbocycles. The van der Waals surface area contributed by atoms with Gasteiger partial charge in [0, 0.05) is 30.9 Å². The number of rotatable bonds is 4. The lowest BCUT2D eigenvalue weighted by molar-refractivity contribution is 0.0826. The van der Waals surface area contributed by atoms with Gasteiger partial charge in [-0.2, -0.15) is 0 Å². The summed E-state index contributed by atoms with van der Waals surface area (Å²) in [5.41, 5.74) is 3.81. The molecule has 0 aliphatic rings. The van der Waals surface area contributed by atoms with Gasteiger partial charge in [0.2, 0.25) is 0 Å². The molecule has 2 amide bonds. The van der Waals surface area contributed by atoms with Crippen LogP contribution in [0.2, 0.25) is 0 Å². The predicted octanol–water partition coefficient (Wildman–Crippen LogP) is 4.07. The van der Waals surface area contributed by atoms with Gasteiger partial charge in [0.15, 0.2) is 0 Å². The fourth-order valence-corrected chi connectivity index (χ4v) is 2.46. The fraction of sp³-hybridized carbons (Fsp3) is 0.300. The molecular weight excluding hydrogens is 300 g/mol. The van der Waals surface area contributed by atoms with E-state index in [9.17, 15) is 9.59 Å². The molecule has 4 nitrogen and oxygen atoms in total. The minimum absolute atomic E-state index is 0.0788. The van der Waals surface area contributed by atoms with Gasteiger partial charge in [0.25, 0.3) is 11.8 Å². The van der Waals surface area contributed by atoms with Gasteiger partial charge in [-0.25, -0.2) is 0 Å². The summed E-state index contributed by atoms with van der Waals surface area (Å²) in [5.74, 6) is 0.172. The van der Waals surface area contributed by atoms with Crippen LogP contribution in [-0.4, -0.2) is 30.8 Å². The van der Waals surface area contributed by atoms with E-state index in [0.29, 0.717) is 22.7 Å². The summed E-state index contributed by atoms with van der Waals surface area (Å²) in [6.45, 7) is 6.07. The number of amides is 2. The van der Waals surface area contributed by atoms with Gasteiger partial charge in [0.05, 0.1) is 0 Å². The highest BCUT2D eigenvalue weighted by atomic mass is 16.2. The zero-order valence-electron chi connectivity index (χ0n) is 14.9. The van der Waals surface area contributed by atoms with E-state index in [-0.39, 0.29) is 11.8 Å². The second kappa shape index (κ2) is 7.30. The van der Waals surface area contributed by atoms with Crippen LogP contribution < -0.4 is 5.32 Å². The molecule has 0 heterocycles. The fourth-order valence-electron chi connectivity index (χ4n) is 2.46. The van der Waals surface area contributed by atoms with Gasteiger partial charge in [0.1, 0.15) is 0 Å². The number of benzene rings is 2. The van der Waals surface area contributed by atoms with Crippen LogP contribution in [-0.2, 0) is 0 Å². The smallest absolute Gasteiger partial charge is 0.255 e. The molecule has 0 fully saturated rings. The molecule has 24 heavy (non-hydrogen) atoms. The van der Waals surface area contributed by atoms with E-state index < -0.39 is 0 Å². The summed E-state index contributed by atoms with van der Waals surface area (Å²) in [7, 11) is 3.42. The van der Waals surface area contributed by atoms with Gasteiger partial charge in [-0.05, 0) is 48.2 Å². The maximum atomic E-state index is 12.5. The zero-order valence-corrected chi connectivity index (χ0v) is 14.9. The molecule has 0 atom stereocenters. The molecule has 0 aliphatic heterocycles. The summed E-state index contributed by atoms with van der Waals surface area (Å²) in [4.78, 5) is 26.2. The Morgan fingerprint density at radius 2 is 1.62 bits per heavy atom.